The molecule has 3 aromatic rings. The number of rotatable bonds is 6. The van der Waals surface area contributed by atoms with Crippen LogP contribution in [0.5, 0.6) is 17.4 Å². The van der Waals surface area contributed by atoms with Crippen LogP contribution in [0.2, 0.25) is 5.02 Å². The van der Waals surface area contributed by atoms with Crippen LogP contribution in [0.3, 0.4) is 0 Å². The highest BCUT2D eigenvalue weighted by Gasteiger charge is 2.59. The zero-order valence-corrected chi connectivity index (χ0v) is 20.0. The van der Waals surface area contributed by atoms with Crippen molar-refractivity contribution in [3.05, 3.63) is 70.6 Å². The highest BCUT2D eigenvalue weighted by atomic mass is 35.5. The normalized spacial score (nSPS) is 15.9. The quantitative estimate of drug-likeness (QED) is 0.470. The van der Waals surface area contributed by atoms with Crippen LogP contribution in [0.25, 0.3) is 0 Å². The van der Waals surface area contributed by atoms with Crippen molar-refractivity contribution in [2.45, 2.75) is 24.6 Å². The van der Waals surface area contributed by atoms with Gasteiger partial charge in [0.1, 0.15) is 11.5 Å². The molecule has 2 atom stereocenters. The number of carbonyl (C=O) groups is 2. The van der Waals surface area contributed by atoms with Gasteiger partial charge < -0.3 is 24.6 Å². The molecule has 2 N–H and O–H groups in total. The van der Waals surface area contributed by atoms with Crippen molar-refractivity contribution in [2.24, 2.45) is 0 Å². The van der Waals surface area contributed by atoms with Crippen LogP contribution in [0.1, 0.15) is 34.5 Å². The van der Waals surface area contributed by atoms with Gasteiger partial charge in [0.25, 0.3) is 5.91 Å². The van der Waals surface area contributed by atoms with Crippen LogP contribution < -0.4 is 14.4 Å². The second-order valence-electron chi connectivity index (χ2n) is 8.24. The van der Waals surface area contributed by atoms with E-state index in [1.165, 1.54) is 38.2 Å². The minimum Gasteiger partial charge on any atom is -0.482 e. The Balaban J connectivity index is 1.68. The highest BCUT2D eigenvalue weighted by molar-refractivity contribution is 6.31. The monoisotopic (exact) mass is 537 g/mol. The van der Waals surface area contributed by atoms with Crippen LogP contribution in [-0.2, 0) is 10.4 Å². The van der Waals surface area contributed by atoms with Crippen LogP contribution in [0, 0.1) is 0 Å². The first-order valence-electron chi connectivity index (χ1n) is 10.7. The number of anilines is 1. The summed E-state index contributed by atoms with van der Waals surface area (Å²) in [6.45, 7) is 0.929. The largest absolute Gasteiger partial charge is 0.482 e. The number of nitrogens with zero attached hydrogens (tertiary/aromatic N) is 3. The molecule has 0 saturated carbocycles. The summed E-state index contributed by atoms with van der Waals surface area (Å²) in [7, 11) is 1.40. The SMILES string of the molecule is C[C@H](c1ccc(Oc2cnc(C(=O)O)cn2)cc1Cl)[C@@](O)(c1ccc2c(c1)N(C)C(=O)CO2)C(F)(F)F. The predicted octanol–water partition coefficient (Wildman–Crippen LogP) is 4.53. The fraction of sp³-hybridized carbons (Fsp3) is 0.250. The summed E-state index contributed by atoms with van der Waals surface area (Å²) in [6, 6.07) is 7.28. The van der Waals surface area contributed by atoms with E-state index in [4.69, 9.17) is 26.2 Å². The van der Waals surface area contributed by atoms with Crippen molar-refractivity contribution in [2.75, 3.05) is 18.6 Å². The second kappa shape index (κ2) is 9.52. The average Bonchev–Trinajstić information content (AvgIpc) is 2.85. The number of hydrogen-bond donors (Lipinski definition) is 2. The lowest BCUT2D eigenvalue weighted by molar-refractivity contribution is -0.274. The highest BCUT2D eigenvalue weighted by Crippen LogP contribution is 2.51. The van der Waals surface area contributed by atoms with Gasteiger partial charge in [-0.1, -0.05) is 30.7 Å². The third kappa shape index (κ3) is 4.77. The fourth-order valence-corrected chi connectivity index (χ4v) is 4.25. The number of alkyl halides is 3. The number of likely N-dealkylation sites (N-methyl/N-ethyl adjacent to an activating group) is 1. The van der Waals surface area contributed by atoms with E-state index < -0.39 is 35.1 Å². The summed E-state index contributed by atoms with van der Waals surface area (Å²) >= 11 is 6.31. The molecule has 0 bridgehead atoms. The number of carboxylic acids is 1. The number of carbonyl (C=O) groups excluding carboxylic acids is 1. The Hall–Kier alpha value is -3.90. The minimum absolute atomic E-state index is 0.0282. The molecule has 2 aromatic carbocycles. The van der Waals surface area contributed by atoms with Gasteiger partial charge in [0.05, 0.1) is 18.1 Å². The van der Waals surface area contributed by atoms with Gasteiger partial charge in [0.2, 0.25) is 5.88 Å². The van der Waals surface area contributed by atoms with Crippen LogP contribution in [0.4, 0.5) is 18.9 Å². The number of aromatic carboxylic acids is 1. The summed E-state index contributed by atoms with van der Waals surface area (Å²) in [6.07, 6.45) is -3.08. The van der Waals surface area contributed by atoms with Crippen LogP contribution in [-0.4, -0.2) is 51.9 Å². The topological polar surface area (TPSA) is 122 Å². The van der Waals surface area contributed by atoms with Gasteiger partial charge in [-0.05, 0) is 35.4 Å². The number of amides is 1. The molecule has 9 nitrogen and oxygen atoms in total. The van der Waals surface area contributed by atoms with Crippen molar-refractivity contribution < 1.29 is 42.4 Å². The standard InChI is InChI=1S/C24H19ClF3N3O6/c1-12(15-5-4-14(8-16(15)25)37-20-10-29-17(9-30-20)22(33)34)23(35,24(26,27)28)13-3-6-19-18(7-13)31(2)21(32)11-36-19/h3-10,12,35H,11H2,1-2H3,(H,33,34)/t12-,23-/m1/s1. The Morgan fingerprint density at radius 3 is 2.51 bits per heavy atom. The smallest absolute Gasteiger partial charge is 0.422 e. The molecular formula is C24H19ClF3N3O6. The second-order valence-corrected chi connectivity index (χ2v) is 8.65. The molecule has 2 heterocycles. The number of benzene rings is 2. The van der Waals surface area contributed by atoms with Gasteiger partial charge in [-0.3, -0.25) is 4.79 Å². The number of fused-ring (bicyclic) bond motifs is 1. The summed E-state index contributed by atoms with van der Waals surface area (Å²) in [5.41, 5.74) is -4.12. The van der Waals surface area contributed by atoms with Crippen molar-refractivity contribution in [1.82, 2.24) is 9.97 Å². The number of ether oxygens (including phenoxy) is 2. The maximum Gasteiger partial charge on any atom is 0.422 e. The minimum atomic E-state index is -5.13. The number of halogens is 4. The summed E-state index contributed by atoms with van der Waals surface area (Å²) in [4.78, 5) is 31.5. The van der Waals surface area contributed by atoms with Gasteiger partial charge >= 0.3 is 12.1 Å². The molecule has 0 fully saturated rings. The first-order valence-corrected chi connectivity index (χ1v) is 11.1. The molecule has 0 aliphatic carbocycles. The number of aliphatic hydroxyl groups is 1. The Kier molecular flexibility index (Phi) is 6.74. The van der Waals surface area contributed by atoms with E-state index >= 15 is 0 Å². The Morgan fingerprint density at radius 1 is 1.19 bits per heavy atom. The molecule has 1 aliphatic rings. The van der Waals surface area contributed by atoms with Gasteiger partial charge in [-0.2, -0.15) is 13.2 Å². The molecule has 0 saturated heterocycles. The van der Waals surface area contributed by atoms with E-state index in [9.17, 15) is 27.9 Å². The van der Waals surface area contributed by atoms with Crippen molar-refractivity contribution in [3.8, 4) is 17.4 Å². The van der Waals surface area contributed by atoms with E-state index in [0.29, 0.717) is 0 Å². The number of carboxylic acid groups (broad SMARTS) is 1. The van der Waals surface area contributed by atoms with Crippen molar-refractivity contribution in [1.29, 1.82) is 0 Å². The molecule has 0 unspecified atom stereocenters. The maximum atomic E-state index is 14.4. The zero-order valence-electron chi connectivity index (χ0n) is 19.3. The number of aromatic nitrogens is 2. The lowest BCUT2D eigenvalue weighted by atomic mass is 9.77. The Morgan fingerprint density at radius 2 is 1.92 bits per heavy atom. The lowest BCUT2D eigenvalue weighted by Gasteiger charge is -2.38. The molecule has 1 aliphatic heterocycles. The Labute approximate surface area is 213 Å². The lowest BCUT2D eigenvalue weighted by Crippen LogP contribution is -2.47. The molecule has 194 valence electrons. The molecule has 1 amide bonds. The molecule has 1 aromatic heterocycles. The maximum absolute atomic E-state index is 14.4. The third-order valence-corrected chi connectivity index (χ3v) is 6.38. The molecule has 0 spiro atoms. The van der Waals surface area contributed by atoms with E-state index in [1.54, 1.807) is 0 Å². The predicted molar refractivity (Wildman–Crippen MR) is 124 cm³/mol. The first kappa shape index (κ1) is 26.2. The van der Waals surface area contributed by atoms with Gasteiger partial charge in [-0.25, -0.2) is 14.8 Å². The zero-order chi connectivity index (χ0) is 27.1. The van der Waals surface area contributed by atoms with E-state index in [0.717, 1.165) is 29.4 Å². The van der Waals surface area contributed by atoms with E-state index in [-0.39, 0.29) is 46.0 Å². The van der Waals surface area contributed by atoms with Gasteiger partial charge in [-0.15, -0.1) is 0 Å². The van der Waals surface area contributed by atoms with Crippen molar-refractivity contribution >= 4 is 29.2 Å². The van der Waals surface area contributed by atoms with Crippen LogP contribution in [0.15, 0.2) is 48.8 Å². The summed E-state index contributed by atoms with van der Waals surface area (Å²) < 4.78 is 54.0. The first-order chi connectivity index (χ1) is 17.3. The molecular weight excluding hydrogens is 519 g/mol. The van der Waals surface area contributed by atoms with E-state index in [1.807, 2.05) is 0 Å². The summed E-state index contributed by atoms with van der Waals surface area (Å²) in [5.74, 6) is -3.07. The van der Waals surface area contributed by atoms with Gasteiger partial charge in [0, 0.05) is 18.0 Å². The number of hydrogen-bond acceptors (Lipinski definition) is 7. The fourth-order valence-electron chi connectivity index (χ4n) is 3.92. The van der Waals surface area contributed by atoms with Gasteiger partial charge in [0.15, 0.2) is 17.9 Å². The molecule has 37 heavy (non-hydrogen) atoms. The third-order valence-electron chi connectivity index (χ3n) is 6.05. The average molecular weight is 538 g/mol. The molecule has 4 rings (SSSR count). The van der Waals surface area contributed by atoms with Crippen molar-refractivity contribution in [3.63, 3.8) is 0 Å². The van der Waals surface area contributed by atoms with E-state index in [2.05, 4.69) is 9.97 Å². The molecule has 13 heteroatoms. The van der Waals surface area contributed by atoms with Crippen LogP contribution >= 0.6 is 11.6 Å². The Bertz CT molecular complexity index is 1370. The molecule has 0 radical (unpaired) electrons. The summed E-state index contributed by atoms with van der Waals surface area (Å²) in [5, 5.41) is 19.9.